The lowest BCUT2D eigenvalue weighted by atomic mass is 9.77. The predicted octanol–water partition coefficient (Wildman–Crippen LogP) is 6.57. The summed E-state index contributed by atoms with van der Waals surface area (Å²) in [5, 5.41) is 0. The average Bonchev–Trinajstić information content (AvgIpc) is 3.18. The van der Waals surface area contributed by atoms with Crippen LogP contribution in [0.3, 0.4) is 0 Å². The maximum absolute atomic E-state index is 11.9. The third-order valence-electron chi connectivity index (χ3n) is 8.33. The number of rotatable bonds is 1. The lowest BCUT2D eigenvalue weighted by Crippen LogP contribution is -2.18. The lowest BCUT2D eigenvalue weighted by Gasteiger charge is -2.27. The Morgan fingerprint density at radius 3 is 2.03 bits per heavy atom. The van der Waals surface area contributed by atoms with Crippen molar-refractivity contribution >= 4 is 6.29 Å². The molecule has 2 aromatic carbocycles. The molecule has 0 spiro atoms. The second kappa shape index (κ2) is 5.88. The minimum Gasteiger partial charge on any atom is -0.298 e. The lowest BCUT2D eigenvalue weighted by molar-refractivity contribution is 0.112. The van der Waals surface area contributed by atoms with Gasteiger partial charge < -0.3 is 0 Å². The van der Waals surface area contributed by atoms with Crippen molar-refractivity contribution in [3.63, 3.8) is 0 Å². The molecule has 0 amide bonds. The highest BCUT2D eigenvalue weighted by atomic mass is 16.1. The monoisotopic (exact) mass is 396 g/mol. The summed E-state index contributed by atoms with van der Waals surface area (Å²) in [5.41, 5.74) is 9.16. The highest BCUT2D eigenvalue weighted by Gasteiger charge is 2.53. The maximum atomic E-state index is 11.9. The first-order chi connectivity index (χ1) is 14.0. The van der Waals surface area contributed by atoms with E-state index in [4.69, 9.17) is 0 Å². The van der Waals surface area contributed by atoms with Crippen molar-refractivity contribution in [1.29, 1.82) is 0 Å². The van der Waals surface area contributed by atoms with Crippen LogP contribution in [0.25, 0.3) is 0 Å². The Hall–Kier alpha value is -2.33. The van der Waals surface area contributed by atoms with E-state index in [-0.39, 0.29) is 21.7 Å². The van der Waals surface area contributed by atoms with Crippen molar-refractivity contribution in [2.45, 2.75) is 88.9 Å². The van der Waals surface area contributed by atoms with Crippen molar-refractivity contribution in [1.82, 2.24) is 0 Å². The smallest absolute Gasteiger partial charge is 0.151 e. The SMILES string of the molecule is CC1(C)CC(C)(C)c2cc(C#Cc3cc4c(cc3C=O)C3(C)CCC4(C)C3)ccc21. The molecule has 0 aromatic heterocycles. The predicted molar refractivity (Wildman–Crippen MR) is 123 cm³/mol. The molecular weight excluding hydrogens is 364 g/mol. The molecule has 0 saturated heterocycles. The Morgan fingerprint density at radius 2 is 1.37 bits per heavy atom. The van der Waals surface area contributed by atoms with E-state index in [1.165, 1.54) is 41.5 Å². The van der Waals surface area contributed by atoms with E-state index in [0.717, 1.165) is 29.4 Å². The van der Waals surface area contributed by atoms with Crippen LogP contribution in [-0.2, 0) is 21.7 Å². The molecule has 1 heteroatoms. The van der Waals surface area contributed by atoms with Gasteiger partial charge >= 0.3 is 0 Å². The summed E-state index contributed by atoms with van der Waals surface area (Å²) < 4.78 is 0. The number of aldehydes is 1. The third kappa shape index (κ3) is 2.66. The molecule has 2 atom stereocenters. The minimum absolute atomic E-state index is 0.168. The molecule has 1 fully saturated rings. The maximum Gasteiger partial charge on any atom is 0.151 e. The molecule has 2 aromatic rings. The zero-order chi connectivity index (χ0) is 21.5. The molecule has 5 rings (SSSR count). The summed E-state index contributed by atoms with van der Waals surface area (Å²) in [4.78, 5) is 11.9. The van der Waals surface area contributed by atoms with Gasteiger partial charge in [0.1, 0.15) is 0 Å². The van der Waals surface area contributed by atoms with Gasteiger partial charge in [-0.2, -0.15) is 0 Å². The fourth-order valence-electron chi connectivity index (χ4n) is 7.08. The Bertz CT molecular complexity index is 1150. The molecule has 0 aliphatic heterocycles. The van der Waals surface area contributed by atoms with Crippen LogP contribution in [0.5, 0.6) is 0 Å². The molecule has 1 nitrogen and oxygen atoms in total. The minimum atomic E-state index is 0.168. The molecule has 0 heterocycles. The molecule has 2 bridgehead atoms. The van der Waals surface area contributed by atoms with Gasteiger partial charge in [-0.15, -0.1) is 0 Å². The average molecular weight is 397 g/mol. The van der Waals surface area contributed by atoms with Crippen molar-refractivity contribution in [3.8, 4) is 11.8 Å². The molecule has 3 aliphatic carbocycles. The molecule has 154 valence electrons. The number of fused-ring (bicyclic) bond motifs is 6. The first kappa shape index (κ1) is 19.6. The molecule has 0 N–H and O–H groups in total. The Morgan fingerprint density at radius 1 is 0.733 bits per heavy atom. The molecule has 0 radical (unpaired) electrons. The van der Waals surface area contributed by atoms with Crippen LogP contribution in [-0.4, -0.2) is 6.29 Å². The largest absolute Gasteiger partial charge is 0.298 e. The van der Waals surface area contributed by atoms with E-state index >= 15 is 0 Å². The summed E-state index contributed by atoms with van der Waals surface area (Å²) >= 11 is 0. The first-order valence-corrected chi connectivity index (χ1v) is 11.3. The summed E-state index contributed by atoms with van der Waals surface area (Å²) in [5.74, 6) is 6.74. The van der Waals surface area contributed by atoms with Gasteiger partial charge in [0.05, 0.1) is 0 Å². The van der Waals surface area contributed by atoms with E-state index in [9.17, 15) is 4.79 Å². The summed E-state index contributed by atoms with van der Waals surface area (Å²) in [7, 11) is 0. The van der Waals surface area contributed by atoms with Crippen LogP contribution in [0.4, 0.5) is 0 Å². The fourth-order valence-corrected chi connectivity index (χ4v) is 7.08. The van der Waals surface area contributed by atoms with Crippen molar-refractivity contribution in [2.24, 2.45) is 0 Å². The fraction of sp³-hybridized carbons (Fsp3) is 0.483. The summed E-state index contributed by atoms with van der Waals surface area (Å²) in [6, 6.07) is 11.0. The van der Waals surface area contributed by atoms with Gasteiger partial charge in [0.2, 0.25) is 0 Å². The zero-order valence-electron chi connectivity index (χ0n) is 19.2. The number of hydrogen-bond donors (Lipinski definition) is 0. The van der Waals surface area contributed by atoms with Crippen LogP contribution < -0.4 is 0 Å². The third-order valence-corrected chi connectivity index (χ3v) is 8.33. The second-order valence-corrected chi connectivity index (χ2v) is 11.9. The molecule has 2 unspecified atom stereocenters. The van der Waals surface area contributed by atoms with Gasteiger partial charge in [0, 0.05) is 16.7 Å². The van der Waals surface area contributed by atoms with E-state index < -0.39 is 0 Å². The van der Waals surface area contributed by atoms with Gasteiger partial charge in [0.15, 0.2) is 6.29 Å². The second-order valence-electron chi connectivity index (χ2n) is 11.9. The van der Waals surface area contributed by atoms with Crippen LogP contribution in [0.1, 0.15) is 111 Å². The highest BCUT2D eigenvalue weighted by Crippen LogP contribution is 2.60. The van der Waals surface area contributed by atoms with Gasteiger partial charge in [-0.3, -0.25) is 4.79 Å². The van der Waals surface area contributed by atoms with Gasteiger partial charge in [-0.25, -0.2) is 0 Å². The molecule has 1 saturated carbocycles. The summed E-state index contributed by atoms with van der Waals surface area (Å²) in [6.07, 6.45) is 5.79. The Kier molecular flexibility index (Phi) is 3.85. The number of carbonyl (C=O) groups is 1. The van der Waals surface area contributed by atoms with Crippen LogP contribution in [0.2, 0.25) is 0 Å². The van der Waals surface area contributed by atoms with E-state index in [2.05, 4.69) is 83.7 Å². The number of hydrogen-bond acceptors (Lipinski definition) is 1. The number of carbonyl (C=O) groups excluding carboxylic acids is 1. The molecular formula is C29H32O. The van der Waals surface area contributed by atoms with Crippen LogP contribution >= 0.6 is 0 Å². The van der Waals surface area contributed by atoms with Crippen molar-refractivity contribution < 1.29 is 4.79 Å². The summed E-state index contributed by atoms with van der Waals surface area (Å²) in [6.45, 7) is 14.1. The van der Waals surface area contributed by atoms with E-state index in [1.54, 1.807) is 0 Å². The Balaban J connectivity index is 1.58. The van der Waals surface area contributed by atoms with Gasteiger partial charge in [-0.05, 0) is 93.9 Å². The quantitative estimate of drug-likeness (QED) is 0.393. The van der Waals surface area contributed by atoms with E-state index in [0.29, 0.717) is 0 Å². The van der Waals surface area contributed by atoms with Crippen LogP contribution in [0, 0.1) is 11.8 Å². The van der Waals surface area contributed by atoms with E-state index in [1.807, 2.05) is 0 Å². The molecule has 30 heavy (non-hydrogen) atoms. The van der Waals surface area contributed by atoms with Gasteiger partial charge in [-0.1, -0.05) is 59.4 Å². The highest BCUT2D eigenvalue weighted by molar-refractivity contribution is 5.81. The van der Waals surface area contributed by atoms with Gasteiger partial charge in [0.25, 0.3) is 0 Å². The first-order valence-electron chi connectivity index (χ1n) is 11.3. The van der Waals surface area contributed by atoms with Crippen molar-refractivity contribution in [3.05, 3.63) is 69.3 Å². The van der Waals surface area contributed by atoms with Crippen molar-refractivity contribution in [2.75, 3.05) is 0 Å². The zero-order valence-corrected chi connectivity index (χ0v) is 19.2. The molecule has 3 aliphatic rings. The standard InChI is InChI=1S/C29H32O/c1-26(2)17-27(3,4)23-13-19(8-10-22(23)26)7-9-20-14-24-25(15-21(20)16-30)29(6)12-11-28(24,5)18-29/h8,10,13-16H,11-12,17-18H2,1-6H3. The Labute approximate surface area is 181 Å². The topological polar surface area (TPSA) is 17.1 Å². The number of benzene rings is 2. The normalized spacial score (nSPS) is 29.1. The van der Waals surface area contributed by atoms with Crippen LogP contribution in [0.15, 0.2) is 30.3 Å².